The zero-order valence-electron chi connectivity index (χ0n) is 8.76. The first-order chi connectivity index (χ1) is 6.70. The maximum atomic E-state index is 5.94. The largest absolute Gasteiger partial charge is 0.371 e. The van der Waals surface area contributed by atoms with Gasteiger partial charge in [-0.1, -0.05) is 24.6 Å². The van der Waals surface area contributed by atoms with Crippen LogP contribution in [-0.2, 0) is 5.88 Å². The number of aryl methyl sites for hydroxylation is 1. The Labute approximate surface area is 90.7 Å². The number of rotatable bonds is 2. The summed E-state index contributed by atoms with van der Waals surface area (Å²) in [5.74, 6) is 1.45. The van der Waals surface area contributed by atoms with Crippen LogP contribution in [0.25, 0.3) is 0 Å². The van der Waals surface area contributed by atoms with Gasteiger partial charge in [0.1, 0.15) is 0 Å². The summed E-state index contributed by atoms with van der Waals surface area (Å²) in [6.45, 7) is 6.74. The fourth-order valence-electron chi connectivity index (χ4n) is 2.03. The first kappa shape index (κ1) is 9.85. The van der Waals surface area contributed by atoms with Crippen molar-refractivity contribution in [2.45, 2.75) is 19.7 Å². The van der Waals surface area contributed by atoms with Crippen LogP contribution in [0.3, 0.4) is 0 Å². The highest BCUT2D eigenvalue weighted by molar-refractivity contribution is 6.17. The minimum Gasteiger partial charge on any atom is -0.371 e. The van der Waals surface area contributed by atoms with Gasteiger partial charge in [-0.25, -0.2) is 0 Å². The van der Waals surface area contributed by atoms with E-state index in [0.29, 0.717) is 5.88 Å². The third-order valence-corrected chi connectivity index (χ3v) is 3.07. The summed E-state index contributed by atoms with van der Waals surface area (Å²) in [7, 11) is 0. The number of hydrogen-bond donors (Lipinski definition) is 0. The fourth-order valence-corrected chi connectivity index (χ4v) is 2.24. The molecule has 1 aliphatic heterocycles. The Bertz CT molecular complexity index is 329. The third kappa shape index (κ3) is 1.74. The van der Waals surface area contributed by atoms with Crippen molar-refractivity contribution in [3.63, 3.8) is 0 Å². The highest BCUT2D eigenvalue weighted by Gasteiger charge is 2.24. The number of anilines is 1. The molecular weight excluding hydrogens is 194 g/mol. The van der Waals surface area contributed by atoms with Crippen molar-refractivity contribution >= 4 is 17.3 Å². The van der Waals surface area contributed by atoms with E-state index in [-0.39, 0.29) is 0 Å². The van der Waals surface area contributed by atoms with Crippen LogP contribution in [0, 0.1) is 12.8 Å². The molecule has 1 heterocycles. The van der Waals surface area contributed by atoms with E-state index in [1.54, 1.807) is 0 Å². The summed E-state index contributed by atoms with van der Waals surface area (Å²) in [4.78, 5) is 2.40. The molecule has 0 N–H and O–H groups in total. The van der Waals surface area contributed by atoms with Crippen LogP contribution in [0.5, 0.6) is 0 Å². The Kier molecular flexibility index (Phi) is 2.69. The van der Waals surface area contributed by atoms with Crippen molar-refractivity contribution in [1.82, 2.24) is 0 Å². The molecule has 1 aliphatic rings. The van der Waals surface area contributed by atoms with Gasteiger partial charge < -0.3 is 4.90 Å². The Balaban J connectivity index is 2.24. The lowest BCUT2D eigenvalue weighted by Gasteiger charge is -2.40. The SMILES string of the molecule is Cc1ccc(N2CC(C)C2)c(CCl)c1. The maximum Gasteiger partial charge on any atom is 0.0494 e. The van der Waals surface area contributed by atoms with E-state index >= 15 is 0 Å². The highest BCUT2D eigenvalue weighted by atomic mass is 35.5. The zero-order valence-corrected chi connectivity index (χ0v) is 9.51. The smallest absolute Gasteiger partial charge is 0.0494 e. The molecule has 1 nitrogen and oxygen atoms in total. The van der Waals surface area contributed by atoms with Gasteiger partial charge in [-0.15, -0.1) is 11.6 Å². The van der Waals surface area contributed by atoms with Crippen LogP contribution < -0.4 is 4.90 Å². The van der Waals surface area contributed by atoms with Gasteiger partial charge in [0.05, 0.1) is 0 Å². The normalized spacial score (nSPS) is 16.9. The lowest BCUT2D eigenvalue weighted by atomic mass is 9.99. The molecule has 76 valence electrons. The molecule has 2 heteroatoms. The standard InChI is InChI=1S/C12H16ClN/c1-9-3-4-12(11(5-9)6-13)14-7-10(2)8-14/h3-5,10H,6-8H2,1-2H3. The van der Waals surface area contributed by atoms with Crippen LogP contribution in [-0.4, -0.2) is 13.1 Å². The van der Waals surface area contributed by atoms with Gasteiger partial charge in [0.15, 0.2) is 0 Å². The Morgan fingerprint density at radius 3 is 2.71 bits per heavy atom. The van der Waals surface area contributed by atoms with Crippen molar-refractivity contribution in [3.8, 4) is 0 Å². The Morgan fingerprint density at radius 1 is 1.43 bits per heavy atom. The molecular formula is C12H16ClN. The maximum absolute atomic E-state index is 5.94. The monoisotopic (exact) mass is 209 g/mol. The Hall–Kier alpha value is -0.690. The second-order valence-electron chi connectivity index (χ2n) is 4.28. The van der Waals surface area contributed by atoms with E-state index in [0.717, 1.165) is 5.92 Å². The van der Waals surface area contributed by atoms with Crippen LogP contribution in [0.1, 0.15) is 18.1 Å². The molecule has 2 rings (SSSR count). The van der Waals surface area contributed by atoms with Crippen molar-refractivity contribution < 1.29 is 0 Å². The minimum absolute atomic E-state index is 0.613. The van der Waals surface area contributed by atoms with Gasteiger partial charge in [-0.2, -0.15) is 0 Å². The molecule has 0 radical (unpaired) electrons. The van der Waals surface area contributed by atoms with Crippen LogP contribution in [0.4, 0.5) is 5.69 Å². The first-order valence-corrected chi connectivity index (χ1v) is 5.64. The molecule has 0 aromatic heterocycles. The molecule has 0 bridgehead atoms. The lowest BCUT2D eigenvalue weighted by Crippen LogP contribution is -2.45. The predicted octanol–water partition coefficient (Wildman–Crippen LogP) is 3.19. The number of alkyl halides is 1. The molecule has 0 saturated carbocycles. The Morgan fingerprint density at radius 2 is 2.14 bits per heavy atom. The molecule has 14 heavy (non-hydrogen) atoms. The van der Waals surface area contributed by atoms with E-state index in [9.17, 15) is 0 Å². The number of benzene rings is 1. The van der Waals surface area contributed by atoms with Crippen LogP contribution >= 0.6 is 11.6 Å². The van der Waals surface area contributed by atoms with Crippen molar-refractivity contribution in [3.05, 3.63) is 29.3 Å². The zero-order chi connectivity index (χ0) is 10.1. The number of nitrogens with zero attached hydrogens (tertiary/aromatic N) is 1. The van der Waals surface area contributed by atoms with E-state index in [1.165, 1.54) is 29.9 Å². The van der Waals surface area contributed by atoms with Crippen LogP contribution in [0.15, 0.2) is 18.2 Å². The number of hydrogen-bond acceptors (Lipinski definition) is 1. The summed E-state index contributed by atoms with van der Waals surface area (Å²) in [6, 6.07) is 6.54. The van der Waals surface area contributed by atoms with Gasteiger partial charge >= 0.3 is 0 Å². The topological polar surface area (TPSA) is 3.24 Å². The van der Waals surface area contributed by atoms with Crippen molar-refractivity contribution in [2.75, 3.05) is 18.0 Å². The summed E-state index contributed by atoms with van der Waals surface area (Å²) in [6.07, 6.45) is 0. The third-order valence-electron chi connectivity index (χ3n) is 2.78. The van der Waals surface area contributed by atoms with Gasteiger partial charge in [-0.3, -0.25) is 0 Å². The van der Waals surface area contributed by atoms with E-state index in [2.05, 4.69) is 36.9 Å². The second kappa shape index (κ2) is 3.82. The fraction of sp³-hybridized carbons (Fsp3) is 0.500. The molecule has 0 amide bonds. The summed E-state index contributed by atoms with van der Waals surface area (Å²) in [5.41, 5.74) is 3.88. The summed E-state index contributed by atoms with van der Waals surface area (Å²) >= 11 is 5.94. The molecule has 1 aromatic rings. The second-order valence-corrected chi connectivity index (χ2v) is 4.54. The van der Waals surface area contributed by atoms with E-state index in [1.807, 2.05) is 0 Å². The van der Waals surface area contributed by atoms with Crippen molar-refractivity contribution in [1.29, 1.82) is 0 Å². The van der Waals surface area contributed by atoms with Crippen molar-refractivity contribution in [2.24, 2.45) is 5.92 Å². The molecule has 0 atom stereocenters. The predicted molar refractivity (Wildman–Crippen MR) is 62.1 cm³/mol. The van der Waals surface area contributed by atoms with E-state index < -0.39 is 0 Å². The lowest BCUT2D eigenvalue weighted by molar-refractivity contribution is 0.446. The quantitative estimate of drug-likeness (QED) is 0.677. The van der Waals surface area contributed by atoms with Gasteiger partial charge in [0, 0.05) is 24.7 Å². The first-order valence-electron chi connectivity index (χ1n) is 5.11. The summed E-state index contributed by atoms with van der Waals surface area (Å²) in [5, 5.41) is 0. The average Bonchev–Trinajstić information content (AvgIpc) is 2.13. The number of halogens is 1. The molecule has 0 spiro atoms. The average molecular weight is 210 g/mol. The van der Waals surface area contributed by atoms with Crippen LogP contribution in [0.2, 0.25) is 0 Å². The summed E-state index contributed by atoms with van der Waals surface area (Å²) < 4.78 is 0. The van der Waals surface area contributed by atoms with Gasteiger partial charge in [0.25, 0.3) is 0 Å². The van der Waals surface area contributed by atoms with Gasteiger partial charge in [0.2, 0.25) is 0 Å². The molecule has 1 fully saturated rings. The molecule has 0 unspecified atom stereocenters. The van der Waals surface area contributed by atoms with E-state index in [4.69, 9.17) is 11.6 Å². The molecule has 0 aliphatic carbocycles. The highest BCUT2D eigenvalue weighted by Crippen LogP contribution is 2.29. The molecule has 1 aromatic carbocycles. The molecule has 1 saturated heterocycles. The van der Waals surface area contributed by atoms with Gasteiger partial charge in [-0.05, 0) is 24.5 Å². The minimum atomic E-state index is 0.613.